The van der Waals surface area contributed by atoms with E-state index in [1.165, 1.54) is 0 Å². The van der Waals surface area contributed by atoms with E-state index in [1.807, 2.05) is 0 Å². The van der Waals surface area contributed by atoms with Crippen LogP contribution in [0.3, 0.4) is 0 Å². The molecule has 0 atom stereocenters. The summed E-state index contributed by atoms with van der Waals surface area (Å²) in [6, 6.07) is 0. The fourth-order valence-electron chi connectivity index (χ4n) is 0. The van der Waals surface area contributed by atoms with E-state index in [1.54, 1.807) is 10.9 Å². The van der Waals surface area contributed by atoms with Crippen molar-refractivity contribution in [1.82, 2.24) is 10.9 Å². The minimum atomic E-state index is -1.14. The van der Waals surface area contributed by atoms with Crippen molar-refractivity contribution in [2.45, 2.75) is 0 Å². The third-order valence-corrected chi connectivity index (χ3v) is 0.136. The molecule has 0 aromatic carbocycles. The number of nitrogens with two attached hydrogens (primary N) is 2. The Kier molecular flexibility index (Phi) is 32.0. The maximum absolute atomic E-state index is 8.94. The average Bonchev–Trinajstić information content (AvgIpc) is 2.03. The van der Waals surface area contributed by atoms with Gasteiger partial charge in [-0.25, -0.2) is 16.5 Å². The molecule has 0 spiro atoms. The molecule has 72 valence electrons. The van der Waals surface area contributed by atoms with Crippen LogP contribution < -0.4 is 22.5 Å². The molecule has 0 aliphatic carbocycles. The van der Waals surface area contributed by atoms with E-state index in [4.69, 9.17) is 19.5 Å². The summed E-state index contributed by atoms with van der Waals surface area (Å²) in [5, 5.41) is 6.14. The fourth-order valence-corrected chi connectivity index (χ4v) is 0. The van der Waals surface area contributed by atoms with Gasteiger partial charge in [0.15, 0.2) is 0 Å². The summed E-state index contributed by atoms with van der Waals surface area (Å²) in [5.41, 5.74) is 3.50. The molecule has 0 fully saturated rings. The molecule has 0 aromatic heterocycles. The van der Waals surface area contributed by atoms with Crippen molar-refractivity contribution in [3.8, 4) is 0 Å². The zero-order valence-electron chi connectivity index (χ0n) is 5.93. The smallest absolute Gasteiger partial charge is 0.361 e. The predicted molar refractivity (Wildman–Crippen MR) is 43.8 cm³/mol. The summed E-state index contributed by atoms with van der Waals surface area (Å²) in [6.45, 7) is 0. The highest BCUT2D eigenvalue weighted by molar-refractivity contribution is 7.96. The molecule has 0 saturated carbocycles. The Morgan fingerprint density at radius 1 is 1.25 bits per heavy atom. The van der Waals surface area contributed by atoms with E-state index in [9.17, 15) is 0 Å². The lowest BCUT2D eigenvalue weighted by Gasteiger charge is -1.66. The van der Waals surface area contributed by atoms with E-state index in [0.717, 1.165) is 0 Å². The van der Waals surface area contributed by atoms with Crippen molar-refractivity contribution in [1.29, 1.82) is 0 Å². The SMILES string of the molecule is NNC=O.NNC=O.O=C(O)S. The van der Waals surface area contributed by atoms with Crippen LogP contribution in [0.25, 0.3) is 0 Å². The van der Waals surface area contributed by atoms with E-state index < -0.39 is 5.30 Å². The minimum absolute atomic E-state index is 0.403. The molecule has 0 saturated heterocycles. The first-order valence-electron chi connectivity index (χ1n) is 2.28. The number of rotatable bonds is 2. The van der Waals surface area contributed by atoms with Gasteiger partial charge in [0.25, 0.3) is 0 Å². The Labute approximate surface area is 73.6 Å². The summed E-state index contributed by atoms with van der Waals surface area (Å²) in [6.07, 6.45) is 0.806. The third kappa shape index (κ3) is 1110. The monoisotopic (exact) mass is 198 g/mol. The summed E-state index contributed by atoms with van der Waals surface area (Å²) in [4.78, 5) is 26.7. The van der Waals surface area contributed by atoms with Gasteiger partial charge in [0.1, 0.15) is 0 Å². The zero-order valence-corrected chi connectivity index (χ0v) is 6.82. The molecule has 8 nitrogen and oxygen atoms in total. The van der Waals surface area contributed by atoms with Crippen LogP contribution in [0.1, 0.15) is 0 Å². The van der Waals surface area contributed by atoms with Gasteiger partial charge in [-0.1, -0.05) is 12.6 Å². The molecule has 12 heavy (non-hydrogen) atoms. The Balaban J connectivity index is -0.000000101. The van der Waals surface area contributed by atoms with E-state index >= 15 is 0 Å². The Bertz CT molecular complexity index is 109. The van der Waals surface area contributed by atoms with E-state index in [2.05, 4.69) is 24.3 Å². The van der Waals surface area contributed by atoms with Crippen molar-refractivity contribution in [3.05, 3.63) is 0 Å². The summed E-state index contributed by atoms with van der Waals surface area (Å²) in [7, 11) is 0. The van der Waals surface area contributed by atoms with Gasteiger partial charge in [-0.3, -0.25) is 20.4 Å². The minimum Gasteiger partial charge on any atom is -0.473 e. The number of carboxylic acid groups (broad SMARTS) is 1. The van der Waals surface area contributed by atoms with Crippen molar-refractivity contribution >= 4 is 30.8 Å². The van der Waals surface area contributed by atoms with Crippen LogP contribution in [-0.4, -0.2) is 23.2 Å². The lowest BCUT2D eigenvalue weighted by Crippen LogP contribution is -2.18. The van der Waals surface area contributed by atoms with Crippen LogP contribution in [0.5, 0.6) is 0 Å². The summed E-state index contributed by atoms with van der Waals surface area (Å²) in [5.74, 6) is 8.82. The van der Waals surface area contributed by atoms with Crippen molar-refractivity contribution in [3.63, 3.8) is 0 Å². The predicted octanol–water partition coefficient (Wildman–Crippen LogP) is -2.19. The van der Waals surface area contributed by atoms with Gasteiger partial charge in [-0.05, 0) is 0 Å². The molecule has 0 bridgehead atoms. The lowest BCUT2D eigenvalue weighted by atomic mass is 11.4. The van der Waals surface area contributed by atoms with Crippen molar-refractivity contribution in [2.24, 2.45) is 11.7 Å². The molecular weight excluding hydrogens is 188 g/mol. The molecule has 0 aliphatic heterocycles. The molecule has 0 rings (SSSR count). The molecule has 0 aromatic rings. The van der Waals surface area contributed by atoms with Crippen LogP contribution >= 0.6 is 12.6 Å². The second-order valence-corrected chi connectivity index (χ2v) is 1.23. The van der Waals surface area contributed by atoms with Gasteiger partial charge >= 0.3 is 5.30 Å². The molecule has 0 aliphatic rings. The molecule has 2 amide bonds. The molecule has 0 heterocycles. The lowest BCUT2D eigenvalue weighted by molar-refractivity contribution is -0.110. The molecule has 0 unspecified atom stereocenters. The number of hydrogen-bond donors (Lipinski definition) is 6. The van der Waals surface area contributed by atoms with Gasteiger partial charge in [0, 0.05) is 0 Å². The standard InChI is InChI=1S/2CH4N2O.CH2O2S/c2*2-3-1-4;2-1(3)4/h2*1H,2H2,(H,3,4);4H,(H,2,3). The molecular formula is C3H10N4O4S. The number of hydrogen-bond acceptors (Lipinski definition) is 5. The summed E-state index contributed by atoms with van der Waals surface area (Å²) >= 11 is 2.88. The zero-order chi connectivity index (χ0) is 10.4. The van der Waals surface area contributed by atoms with Crippen molar-refractivity contribution in [2.75, 3.05) is 0 Å². The largest absolute Gasteiger partial charge is 0.473 e. The second kappa shape index (κ2) is 22.6. The van der Waals surface area contributed by atoms with Gasteiger partial charge in [0.2, 0.25) is 12.8 Å². The Morgan fingerprint density at radius 2 is 1.33 bits per heavy atom. The van der Waals surface area contributed by atoms with E-state index in [0.29, 0.717) is 12.8 Å². The Hall–Kier alpha value is -1.32. The van der Waals surface area contributed by atoms with Gasteiger partial charge in [0.05, 0.1) is 0 Å². The highest BCUT2D eigenvalue weighted by atomic mass is 32.1. The second-order valence-electron chi connectivity index (χ2n) is 0.852. The van der Waals surface area contributed by atoms with Crippen LogP contribution in [-0.2, 0) is 9.59 Å². The maximum atomic E-state index is 8.94. The quantitative estimate of drug-likeness (QED) is 0.0975. The maximum Gasteiger partial charge on any atom is 0.361 e. The number of amides is 2. The first-order chi connectivity index (χ1) is 5.56. The Morgan fingerprint density at radius 3 is 1.33 bits per heavy atom. The van der Waals surface area contributed by atoms with Crippen molar-refractivity contribution < 1.29 is 19.5 Å². The van der Waals surface area contributed by atoms with Crippen LogP contribution in [0.2, 0.25) is 0 Å². The number of thiol groups is 1. The highest BCUT2D eigenvalue weighted by Gasteiger charge is 1.67. The number of hydrazine groups is 2. The van der Waals surface area contributed by atoms with Crippen LogP contribution in [0.15, 0.2) is 0 Å². The first kappa shape index (κ1) is 17.0. The van der Waals surface area contributed by atoms with Gasteiger partial charge in [-0.15, -0.1) is 0 Å². The number of carbonyl (C=O) groups is 3. The highest BCUT2D eigenvalue weighted by Crippen LogP contribution is 1.66. The topological polar surface area (TPSA) is 148 Å². The first-order valence-corrected chi connectivity index (χ1v) is 2.72. The molecule has 9 heteroatoms. The number of carbonyl (C=O) groups excluding carboxylic acids is 2. The van der Waals surface area contributed by atoms with Gasteiger partial charge < -0.3 is 5.11 Å². The molecule has 7 N–H and O–H groups in total. The fraction of sp³-hybridized carbons (Fsp3) is 0. The van der Waals surface area contributed by atoms with Crippen LogP contribution in [0, 0.1) is 0 Å². The summed E-state index contributed by atoms with van der Waals surface area (Å²) < 4.78 is 0. The van der Waals surface area contributed by atoms with E-state index in [-0.39, 0.29) is 0 Å². The van der Waals surface area contributed by atoms with Gasteiger partial charge in [-0.2, -0.15) is 0 Å². The average molecular weight is 198 g/mol. The van der Waals surface area contributed by atoms with Crippen LogP contribution in [0.4, 0.5) is 4.79 Å². The number of nitrogens with one attached hydrogen (secondary N) is 2. The molecule has 0 radical (unpaired) electrons. The third-order valence-electron chi connectivity index (χ3n) is 0.136. The normalized spacial score (nSPS) is 5.58.